The fraction of sp³-hybridized carbons (Fsp3) is 0.250. The molecule has 1 aromatic carbocycles. The molecule has 78 valence electrons. The van der Waals surface area contributed by atoms with Gasteiger partial charge in [-0.25, -0.2) is 4.68 Å². The van der Waals surface area contributed by atoms with Gasteiger partial charge >= 0.3 is 0 Å². The maximum Gasteiger partial charge on any atom is 0.0743 e. The highest BCUT2D eigenvalue weighted by Gasteiger charge is 2.09. The van der Waals surface area contributed by atoms with E-state index in [4.69, 9.17) is 0 Å². The number of hydrogen-bond donors (Lipinski definition) is 0. The minimum Gasteiger partial charge on any atom is -0.237 e. The number of aryl methyl sites for hydroxylation is 2. The van der Waals surface area contributed by atoms with Crippen molar-refractivity contribution in [3.63, 3.8) is 0 Å². The SMILES string of the molecule is Cc1ccc(-n2nc(C)c(Br)c2C)cc1. The minimum atomic E-state index is 1.02. The fourth-order valence-corrected chi connectivity index (χ4v) is 1.81. The Hall–Kier alpha value is -1.09. The van der Waals surface area contributed by atoms with Gasteiger partial charge < -0.3 is 0 Å². The highest BCUT2D eigenvalue weighted by molar-refractivity contribution is 9.10. The summed E-state index contributed by atoms with van der Waals surface area (Å²) >= 11 is 3.53. The number of aromatic nitrogens is 2. The first-order valence-corrected chi connectivity index (χ1v) is 5.67. The third-order valence-electron chi connectivity index (χ3n) is 2.48. The van der Waals surface area contributed by atoms with E-state index in [9.17, 15) is 0 Å². The van der Waals surface area contributed by atoms with Crippen molar-refractivity contribution in [3.8, 4) is 5.69 Å². The van der Waals surface area contributed by atoms with Crippen molar-refractivity contribution in [2.45, 2.75) is 20.8 Å². The molecule has 0 N–H and O–H groups in total. The molecule has 0 aliphatic heterocycles. The molecule has 0 saturated heterocycles. The molecule has 0 amide bonds. The summed E-state index contributed by atoms with van der Waals surface area (Å²) in [5.74, 6) is 0. The summed E-state index contributed by atoms with van der Waals surface area (Å²) in [4.78, 5) is 0. The van der Waals surface area contributed by atoms with Crippen LogP contribution >= 0.6 is 15.9 Å². The second-order valence-corrected chi connectivity index (χ2v) is 4.53. The molecular weight excluding hydrogens is 252 g/mol. The predicted molar refractivity (Wildman–Crippen MR) is 65.5 cm³/mol. The van der Waals surface area contributed by atoms with Crippen LogP contribution in [-0.2, 0) is 0 Å². The highest BCUT2D eigenvalue weighted by Crippen LogP contribution is 2.22. The van der Waals surface area contributed by atoms with Gasteiger partial charge in [0, 0.05) is 0 Å². The summed E-state index contributed by atoms with van der Waals surface area (Å²) < 4.78 is 3.04. The monoisotopic (exact) mass is 264 g/mol. The molecule has 0 aliphatic rings. The zero-order valence-corrected chi connectivity index (χ0v) is 10.7. The molecule has 0 radical (unpaired) electrons. The van der Waals surface area contributed by atoms with E-state index in [1.165, 1.54) is 5.56 Å². The van der Waals surface area contributed by atoms with Gasteiger partial charge in [-0.1, -0.05) is 17.7 Å². The minimum absolute atomic E-state index is 1.02. The van der Waals surface area contributed by atoms with Gasteiger partial charge in [0.25, 0.3) is 0 Å². The molecule has 0 bridgehead atoms. The Labute approximate surface area is 98.1 Å². The van der Waals surface area contributed by atoms with Gasteiger partial charge in [-0.3, -0.25) is 0 Å². The normalized spacial score (nSPS) is 10.7. The van der Waals surface area contributed by atoms with Gasteiger partial charge in [0.15, 0.2) is 0 Å². The first-order valence-electron chi connectivity index (χ1n) is 4.88. The van der Waals surface area contributed by atoms with E-state index in [2.05, 4.69) is 59.1 Å². The Morgan fingerprint density at radius 2 is 1.67 bits per heavy atom. The number of halogens is 1. The van der Waals surface area contributed by atoms with Crippen LogP contribution in [0.5, 0.6) is 0 Å². The molecule has 0 spiro atoms. The molecule has 15 heavy (non-hydrogen) atoms. The molecule has 3 heteroatoms. The van der Waals surface area contributed by atoms with Gasteiger partial charge in [-0.2, -0.15) is 5.10 Å². The Balaban J connectivity index is 2.54. The average Bonchev–Trinajstić information content (AvgIpc) is 2.47. The van der Waals surface area contributed by atoms with E-state index < -0.39 is 0 Å². The van der Waals surface area contributed by atoms with Crippen LogP contribution in [0.15, 0.2) is 28.7 Å². The van der Waals surface area contributed by atoms with Crippen LogP contribution in [0, 0.1) is 20.8 Å². The van der Waals surface area contributed by atoms with E-state index in [1.54, 1.807) is 0 Å². The van der Waals surface area contributed by atoms with Crippen LogP contribution in [-0.4, -0.2) is 9.78 Å². The summed E-state index contributed by atoms with van der Waals surface area (Å²) in [6, 6.07) is 8.36. The lowest BCUT2D eigenvalue weighted by molar-refractivity contribution is 0.833. The van der Waals surface area contributed by atoms with Crippen LogP contribution in [0.25, 0.3) is 5.69 Å². The molecular formula is C12H13BrN2. The molecule has 2 nitrogen and oxygen atoms in total. The van der Waals surface area contributed by atoms with Gasteiger partial charge in [-0.05, 0) is 48.8 Å². The molecule has 0 fully saturated rings. The van der Waals surface area contributed by atoms with Crippen molar-refractivity contribution in [1.29, 1.82) is 0 Å². The third-order valence-corrected chi connectivity index (χ3v) is 3.63. The molecule has 1 aromatic heterocycles. The van der Waals surface area contributed by atoms with Crippen molar-refractivity contribution < 1.29 is 0 Å². The number of rotatable bonds is 1. The molecule has 1 heterocycles. The number of benzene rings is 1. The Morgan fingerprint density at radius 3 is 2.13 bits per heavy atom. The highest BCUT2D eigenvalue weighted by atomic mass is 79.9. The van der Waals surface area contributed by atoms with Crippen LogP contribution in [0.3, 0.4) is 0 Å². The van der Waals surface area contributed by atoms with Crippen LogP contribution in [0.4, 0.5) is 0 Å². The van der Waals surface area contributed by atoms with E-state index in [0.29, 0.717) is 0 Å². The molecule has 0 aliphatic carbocycles. The van der Waals surface area contributed by atoms with Crippen LogP contribution in [0.2, 0.25) is 0 Å². The van der Waals surface area contributed by atoms with Gasteiger partial charge in [0.05, 0.1) is 21.5 Å². The fourth-order valence-electron chi connectivity index (χ4n) is 1.56. The summed E-state index contributed by atoms with van der Waals surface area (Å²) in [6.45, 7) is 6.15. The van der Waals surface area contributed by atoms with Gasteiger partial charge in [0.2, 0.25) is 0 Å². The van der Waals surface area contributed by atoms with Gasteiger partial charge in [0.1, 0.15) is 0 Å². The quantitative estimate of drug-likeness (QED) is 0.770. The Kier molecular flexibility index (Phi) is 2.65. The van der Waals surface area contributed by atoms with E-state index in [1.807, 2.05) is 11.6 Å². The van der Waals surface area contributed by atoms with Crippen molar-refractivity contribution in [1.82, 2.24) is 9.78 Å². The maximum absolute atomic E-state index is 4.48. The van der Waals surface area contributed by atoms with Crippen molar-refractivity contribution in [2.24, 2.45) is 0 Å². The first kappa shape index (κ1) is 10.4. The zero-order chi connectivity index (χ0) is 11.0. The van der Waals surface area contributed by atoms with Crippen molar-refractivity contribution >= 4 is 15.9 Å². The average molecular weight is 265 g/mol. The predicted octanol–water partition coefficient (Wildman–Crippen LogP) is 3.56. The lowest BCUT2D eigenvalue weighted by atomic mass is 10.2. The summed E-state index contributed by atoms with van der Waals surface area (Å²) in [5.41, 5.74) is 4.52. The van der Waals surface area contributed by atoms with E-state index in [-0.39, 0.29) is 0 Å². The number of hydrogen-bond acceptors (Lipinski definition) is 1. The van der Waals surface area contributed by atoms with E-state index in [0.717, 1.165) is 21.5 Å². The first-order chi connectivity index (χ1) is 7.09. The lowest BCUT2D eigenvalue weighted by Gasteiger charge is -2.04. The molecule has 2 rings (SSSR count). The molecule has 0 unspecified atom stereocenters. The Morgan fingerprint density at radius 1 is 1.07 bits per heavy atom. The van der Waals surface area contributed by atoms with E-state index >= 15 is 0 Å². The summed E-state index contributed by atoms with van der Waals surface area (Å²) in [6.07, 6.45) is 0. The molecule has 2 aromatic rings. The van der Waals surface area contributed by atoms with Crippen molar-refractivity contribution in [2.75, 3.05) is 0 Å². The summed E-state index contributed by atoms with van der Waals surface area (Å²) in [5, 5.41) is 4.48. The summed E-state index contributed by atoms with van der Waals surface area (Å²) in [7, 11) is 0. The van der Waals surface area contributed by atoms with Crippen LogP contribution in [0.1, 0.15) is 17.0 Å². The third kappa shape index (κ3) is 1.84. The zero-order valence-electron chi connectivity index (χ0n) is 9.08. The Bertz CT molecular complexity index is 483. The van der Waals surface area contributed by atoms with Gasteiger partial charge in [-0.15, -0.1) is 0 Å². The molecule has 0 saturated carbocycles. The molecule has 0 atom stereocenters. The standard InChI is InChI=1S/C12H13BrN2/c1-8-4-6-11(7-5-8)15-10(3)12(13)9(2)14-15/h4-7H,1-3H3. The van der Waals surface area contributed by atoms with Crippen LogP contribution < -0.4 is 0 Å². The topological polar surface area (TPSA) is 17.8 Å². The maximum atomic E-state index is 4.48. The second-order valence-electron chi connectivity index (χ2n) is 3.73. The lowest BCUT2D eigenvalue weighted by Crippen LogP contribution is -1.98. The van der Waals surface area contributed by atoms with Crippen molar-refractivity contribution in [3.05, 3.63) is 45.7 Å². The smallest absolute Gasteiger partial charge is 0.0743 e. The second kappa shape index (κ2) is 3.81. The largest absolute Gasteiger partial charge is 0.237 e. The number of nitrogens with zero attached hydrogens (tertiary/aromatic N) is 2.